The van der Waals surface area contributed by atoms with Gasteiger partial charge in [-0.15, -0.1) is 11.8 Å². The Kier molecular flexibility index (Phi) is 3.69. The molecule has 0 radical (unpaired) electrons. The number of hydrogen-bond donors (Lipinski definition) is 0. The molecule has 1 aromatic heterocycles. The number of rotatable bonds is 2. The van der Waals surface area contributed by atoms with Gasteiger partial charge in [0.15, 0.2) is 0 Å². The maximum Gasteiger partial charge on any atom is 0.275 e. The van der Waals surface area contributed by atoms with E-state index in [2.05, 4.69) is 22.1 Å². The molecule has 20 heavy (non-hydrogen) atoms. The molecule has 3 rings (SSSR count). The summed E-state index contributed by atoms with van der Waals surface area (Å²) < 4.78 is 0. The maximum atomic E-state index is 12.6. The van der Waals surface area contributed by atoms with E-state index >= 15 is 0 Å². The standard InChI is InChI=1S/C15H15N3OS/c1-11-9-17-13(10-16-11)14(19)18-7-8-20-15(18)12-5-3-2-4-6-12/h2-6,9-10,15H,7-8H2,1H3. The van der Waals surface area contributed by atoms with Crippen molar-refractivity contribution in [1.82, 2.24) is 14.9 Å². The fourth-order valence-electron chi connectivity index (χ4n) is 2.22. The van der Waals surface area contributed by atoms with E-state index in [-0.39, 0.29) is 11.3 Å². The van der Waals surface area contributed by atoms with Gasteiger partial charge in [0.2, 0.25) is 0 Å². The molecule has 4 nitrogen and oxygen atoms in total. The second-order valence-corrected chi connectivity index (χ2v) is 5.86. The average molecular weight is 285 g/mol. The van der Waals surface area contributed by atoms with Crippen molar-refractivity contribution in [2.24, 2.45) is 0 Å². The molecule has 2 heterocycles. The third kappa shape index (κ3) is 2.54. The monoisotopic (exact) mass is 285 g/mol. The number of benzene rings is 1. The van der Waals surface area contributed by atoms with Gasteiger partial charge in [-0.3, -0.25) is 9.78 Å². The lowest BCUT2D eigenvalue weighted by atomic mass is 10.2. The van der Waals surface area contributed by atoms with Gasteiger partial charge < -0.3 is 4.90 Å². The van der Waals surface area contributed by atoms with E-state index in [1.54, 1.807) is 24.2 Å². The summed E-state index contributed by atoms with van der Waals surface area (Å²) in [4.78, 5) is 22.8. The fraction of sp³-hybridized carbons (Fsp3) is 0.267. The number of thioether (sulfide) groups is 1. The summed E-state index contributed by atoms with van der Waals surface area (Å²) in [6.45, 7) is 2.61. The molecule has 5 heteroatoms. The van der Waals surface area contributed by atoms with Crippen LogP contribution >= 0.6 is 11.8 Å². The Balaban J connectivity index is 1.85. The average Bonchev–Trinajstić information content (AvgIpc) is 2.97. The summed E-state index contributed by atoms with van der Waals surface area (Å²) in [5.74, 6) is 0.904. The summed E-state index contributed by atoms with van der Waals surface area (Å²) in [7, 11) is 0. The summed E-state index contributed by atoms with van der Waals surface area (Å²) in [6.07, 6.45) is 3.19. The summed E-state index contributed by atoms with van der Waals surface area (Å²) in [5.41, 5.74) is 2.39. The molecule has 1 unspecified atom stereocenters. The van der Waals surface area contributed by atoms with Crippen LogP contribution in [-0.2, 0) is 0 Å². The van der Waals surface area contributed by atoms with Crippen LogP contribution in [0.2, 0.25) is 0 Å². The van der Waals surface area contributed by atoms with Crippen molar-refractivity contribution in [2.45, 2.75) is 12.3 Å². The molecule has 0 saturated carbocycles. The second-order valence-electron chi connectivity index (χ2n) is 4.68. The zero-order valence-corrected chi connectivity index (χ0v) is 12.0. The van der Waals surface area contributed by atoms with Crippen molar-refractivity contribution in [3.8, 4) is 0 Å². The Morgan fingerprint density at radius 3 is 2.75 bits per heavy atom. The predicted molar refractivity (Wildman–Crippen MR) is 79.4 cm³/mol. The van der Waals surface area contributed by atoms with Gasteiger partial charge in [-0.2, -0.15) is 0 Å². The van der Waals surface area contributed by atoms with Crippen molar-refractivity contribution in [3.05, 3.63) is 59.7 Å². The Morgan fingerprint density at radius 2 is 2.05 bits per heavy atom. The van der Waals surface area contributed by atoms with Crippen LogP contribution in [0.25, 0.3) is 0 Å². The zero-order chi connectivity index (χ0) is 13.9. The fourth-order valence-corrected chi connectivity index (χ4v) is 3.48. The van der Waals surface area contributed by atoms with E-state index in [9.17, 15) is 4.79 Å². The third-order valence-corrected chi connectivity index (χ3v) is 4.50. The van der Waals surface area contributed by atoms with E-state index in [1.165, 1.54) is 0 Å². The lowest BCUT2D eigenvalue weighted by Crippen LogP contribution is -2.31. The normalized spacial score (nSPS) is 18.2. The van der Waals surface area contributed by atoms with Crippen molar-refractivity contribution >= 4 is 17.7 Å². The molecule has 0 aliphatic carbocycles. The van der Waals surface area contributed by atoms with Crippen molar-refractivity contribution in [3.63, 3.8) is 0 Å². The third-order valence-electron chi connectivity index (χ3n) is 3.24. The smallest absolute Gasteiger partial charge is 0.275 e. The van der Waals surface area contributed by atoms with E-state index in [0.29, 0.717) is 5.69 Å². The Hall–Kier alpha value is -1.88. The van der Waals surface area contributed by atoms with Crippen LogP contribution in [0.4, 0.5) is 0 Å². The van der Waals surface area contributed by atoms with Gasteiger partial charge in [0.05, 0.1) is 11.9 Å². The van der Waals surface area contributed by atoms with Gasteiger partial charge in [-0.1, -0.05) is 30.3 Å². The first-order chi connectivity index (χ1) is 9.75. The Bertz CT molecular complexity index is 600. The summed E-state index contributed by atoms with van der Waals surface area (Å²) in [6, 6.07) is 10.1. The number of amides is 1. The summed E-state index contributed by atoms with van der Waals surface area (Å²) >= 11 is 1.79. The maximum absolute atomic E-state index is 12.6. The van der Waals surface area contributed by atoms with Crippen LogP contribution in [0.3, 0.4) is 0 Å². The second kappa shape index (κ2) is 5.63. The zero-order valence-electron chi connectivity index (χ0n) is 11.2. The molecule has 1 atom stereocenters. The highest BCUT2D eigenvalue weighted by Gasteiger charge is 2.31. The first-order valence-corrected chi connectivity index (χ1v) is 7.57. The number of aromatic nitrogens is 2. The molecule has 1 aliphatic rings. The molecule has 1 amide bonds. The van der Waals surface area contributed by atoms with Crippen molar-refractivity contribution in [1.29, 1.82) is 0 Å². The van der Waals surface area contributed by atoms with Crippen LogP contribution < -0.4 is 0 Å². The molecule has 102 valence electrons. The minimum atomic E-state index is -0.0450. The molecular formula is C15H15N3OS. The first kappa shape index (κ1) is 13.1. The van der Waals surface area contributed by atoms with Gasteiger partial charge in [0, 0.05) is 18.5 Å². The largest absolute Gasteiger partial charge is 0.320 e. The lowest BCUT2D eigenvalue weighted by Gasteiger charge is -2.23. The van der Waals surface area contributed by atoms with Gasteiger partial charge in [-0.05, 0) is 12.5 Å². The number of carbonyl (C=O) groups is 1. The minimum Gasteiger partial charge on any atom is -0.320 e. The SMILES string of the molecule is Cc1cnc(C(=O)N2CCSC2c2ccccc2)cn1. The van der Waals surface area contributed by atoms with Gasteiger partial charge in [0.1, 0.15) is 11.1 Å². The molecule has 1 fully saturated rings. The molecule has 0 bridgehead atoms. The first-order valence-electron chi connectivity index (χ1n) is 6.52. The number of aryl methyl sites for hydroxylation is 1. The van der Waals surface area contributed by atoms with Crippen LogP contribution in [0.1, 0.15) is 27.1 Å². The van der Waals surface area contributed by atoms with Crippen molar-refractivity contribution in [2.75, 3.05) is 12.3 Å². The molecular weight excluding hydrogens is 270 g/mol. The number of hydrogen-bond acceptors (Lipinski definition) is 4. The van der Waals surface area contributed by atoms with E-state index < -0.39 is 0 Å². The van der Waals surface area contributed by atoms with Crippen molar-refractivity contribution < 1.29 is 4.79 Å². The molecule has 1 aliphatic heterocycles. The molecule has 1 saturated heterocycles. The van der Waals surface area contributed by atoms with Gasteiger partial charge >= 0.3 is 0 Å². The van der Waals surface area contributed by atoms with Crippen LogP contribution in [0.5, 0.6) is 0 Å². The highest BCUT2D eigenvalue weighted by Crippen LogP contribution is 2.38. The highest BCUT2D eigenvalue weighted by atomic mass is 32.2. The molecule has 0 N–H and O–H groups in total. The number of nitrogens with zero attached hydrogens (tertiary/aromatic N) is 3. The highest BCUT2D eigenvalue weighted by molar-refractivity contribution is 7.99. The molecule has 1 aromatic carbocycles. The number of carbonyl (C=O) groups excluding carboxylic acids is 1. The topological polar surface area (TPSA) is 46.1 Å². The van der Waals surface area contributed by atoms with Gasteiger partial charge in [0.25, 0.3) is 5.91 Å². The Morgan fingerprint density at radius 1 is 1.25 bits per heavy atom. The predicted octanol–water partition coefficient (Wildman–Crippen LogP) is 2.67. The lowest BCUT2D eigenvalue weighted by molar-refractivity contribution is 0.0754. The van der Waals surface area contributed by atoms with E-state index in [0.717, 1.165) is 23.6 Å². The van der Waals surface area contributed by atoms with Gasteiger partial charge in [-0.25, -0.2) is 4.98 Å². The van der Waals surface area contributed by atoms with Crippen LogP contribution in [0, 0.1) is 6.92 Å². The van der Waals surface area contributed by atoms with E-state index in [1.807, 2.05) is 30.0 Å². The quantitative estimate of drug-likeness (QED) is 0.851. The van der Waals surface area contributed by atoms with E-state index in [4.69, 9.17) is 0 Å². The molecule has 2 aromatic rings. The minimum absolute atomic E-state index is 0.0450. The molecule has 0 spiro atoms. The Labute approximate surface area is 122 Å². The summed E-state index contributed by atoms with van der Waals surface area (Å²) in [5, 5.41) is 0.0757. The van der Waals surface area contributed by atoms with Crippen LogP contribution in [-0.4, -0.2) is 33.1 Å². The van der Waals surface area contributed by atoms with Crippen LogP contribution in [0.15, 0.2) is 42.7 Å².